The van der Waals surface area contributed by atoms with E-state index in [-0.39, 0.29) is 10.9 Å². The molecule has 7 nitrogen and oxygen atoms in total. The van der Waals surface area contributed by atoms with Crippen molar-refractivity contribution in [1.29, 1.82) is 0 Å². The molecule has 0 N–H and O–H groups in total. The van der Waals surface area contributed by atoms with Crippen LogP contribution in [0.1, 0.15) is 30.3 Å². The number of aromatic nitrogens is 3. The van der Waals surface area contributed by atoms with Crippen LogP contribution < -0.4 is 0 Å². The van der Waals surface area contributed by atoms with Crippen molar-refractivity contribution in [3.63, 3.8) is 0 Å². The third-order valence-corrected chi connectivity index (χ3v) is 6.67. The molecule has 0 amide bonds. The number of aryl methyl sites for hydroxylation is 1. The van der Waals surface area contributed by atoms with Crippen LogP contribution in [-0.4, -0.2) is 54.3 Å². The second-order valence-electron chi connectivity index (χ2n) is 6.44. The van der Waals surface area contributed by atoms with Gasteiger partial charge >= 0.3 is 0 Å². The van der Waals surface area contributed by atoms with Crippen molar-refractivity contribution < 1.29 is 17.5 Å². The molecule has 0 radical (unpaired) electrons. The molecule has 1 aromatic carbocycles. The summed E-state index contributed by atoms with van der Waals surface area (Å²) in [5, 5.41) is 8.09. The number of methoxy groups -OCH3 is 1. The summed E-state index contributed by atoms with van der Waals surface area (Å²) in [5.41, 5.74) is 0.429. The summed E-state index contributed by atoms with van der Waals surface area (Å²) in [6.07, 6.45) is 3.67. The van der Waals surface area contributed by atoms with Crippen molar-refractivity contribution >= 4 is 10.0 Å². The van der Waals surface area contributed by atoms with Crippen LogP contribution in [0.3, 0.4) is 0 Å². The number of sulfonamides is 1. The molecule has 0 aliphatic carbocycles. The molecule has 0 atom stereocenters. The maximum absolute atomic E-state index is 13.8. The van der Waals surface area contributed by atoms with Crippen LogP contribution in [0.5, 0.6) is 0 Å². The number of ether oxygens (including phenoxy) is 1. The van der Waals surface area contributed by atoms with E-state index >= 15 is 0 Å². The SMILES string of the molecule is COCCc1nncn1C1CCN(S(=O)(=O)c2ccc(C)c(F)c2)CC1. The summed E-state index contributed by atoms with van der Waals surface area (Å²) >= 11 is 0. The first-order valence-electron chi connectivity index (χ1n) is 8.57. The normalized spacial score (nSPS) is 16.9. The fraction of sp³-hybridized carbons (Fsp3) is 0.529. The number of rotatable bonds is 6. The van der Waals surface area contributed by atoms with Gasteiger partial charge in [-0.25, -0.2) is 12.8 Å². The van der Waals surface area contributed by atoms with Gasteiger partial charge in [0.2, 0.25) is 10.0 Å². The number of hydrogen-bond donors (Lipinski definition) is 0. The Morgan fingerprint density at radius 1 is 1.31 bits per heavy atom. The van der Waals surface area contributed by atoms with Crippen molar-refractivity contribution in [2.75, 3.05) is 26.8 Å². The summed E-state index contributed by atoms with van der Waals surface area (Å²) in [6.45, 7) is 2.93. The van der Waals surface area contributed by atoms with Crippen molar-refractivity contribution in [3.05, 3.63) is 41.7 Å². The van der Waals surface area contributed by atoms with Crippen LogP contribution in [0.4, 0.5) is 4.39 Å². The van der Waals surface area contributed by atoms with Gasteiger partial charge in [0.25, 0.3) is 0 Å². The molecule has 0 spiro atoms. The first-order valence-corrected chi connectivity index (χ1v) is 10.0. The van der Waals surface area contributed by atoms with E-state index in [1.165, 1.54) is 16.4 Å². The lowest BCUT2D eigenvalue weighted by atomic mass is 10.1. The molecular formula is C17H23FN4O3S. The molecule has 1 aliphatic heterocycles. The smallest absolute Gasteiger partial charge is 0.243 e. The second kappa shape index (κ2) is 7.81. The van der Waals surface area contributed by atoms with Crippen LogP contribution in [-0.2, 0) is 21.2 Å². The van der Waals surface area contributed by atoms with Crippen LogP contribution in [0.15, 0.2) is 29.4 Å². The molecule has 2 aromatic rings. The molecule has 142 valence electrons. The van der Waals surface area contributed by atoms with Crippen LogP contribution in [0.2, 0.25) is 0 Å². The van der Waals surface area contributed by atoms with Crippen molar-refractivity contribution in [2.24, 2.45) is 0 Å². The molecule has 0 unspecified atom stereocenters. The summed E-state index contributed by atoms with van der Waals surface area (Å²) < 4.78 is 47.8. The molecule has 0 saturated carbocycles. The zero-order valence-corrected chi connectivity index (χ0v) is 15.7. The molecule has 1 fully saturated rings. The third kappa shape index (κ3) is 3.79. The van der Waals surface area contributed by atoms with E-state index in [9.17, 15) is 12.8 Å². The minimum Gasteiger partial charge on any atom is -0.384 e. The van der Waals surface area contributed by atoms with E-state index in [0.717, 1.165) is 11.9 Å². The summed E-state index contributed by atoms with van der Waals surface area (Å²) in [6, 6.07) is 4.20. The Morgan fingerprint density at radius 2 is 2.04 bits per heavy atom. The maximum atomic E-state index is 13.8. The number of benzene rings is 1. The minimum atomic E-state index is -3.69. The van der Waals surface area contributed by atoms with Crippen LogP contribution in [0.25, 0.3) is 0 Å². The number of piperidine rings is 1. The Bertz CT molecular complexity index is 861. The third-order valence-electron chi connectivity index (χ3n) is 4.77. The lowest BCUT2D eigenvalue weighted by Crippen LogP contribution is -2.39. The highest BCUT2D eigenvalue weighted by atomic mass is 32.2. The van der Waals surface area contributed by atoms with Crippen LogP contribution in [0, 0.1) is 12.7 Å². The Balaban J connectivity index is 1.70. The predicted molar refractivity (Wildman–Crippen MR) is 93.8 cm³/mol. The average molecular weight is 382 g/mol. The highest BCUT2D eigenvalue weighted by Crippen LogP contribution is 2.28. The lowest BCUT2D eigenvalue weighted by Gasteiger charge is -2.32. The molecule has 1 aliphatic rings. The molecule has 0 bridgehead atoms. The van der Waals surface area contributed by atoms with Crippen molar-refractivity contribution in [2.45, 2.75) is 37.1 Å². The van der Waals surface area contributed by atoms with Crippen molar-refractivity contribution in [1.82, 2.24) is 19.1 Å². The lowest BCUT2D eigenvalue weighted by molar-refractivity contribution is 0.197. The standard InChI is InChI=1S/C17H23FN4O3S/c1-13-3-4-15(11-16(13)18)26(23,24)21-8-5-14(6-9-21)22-12-19-20-17(22)7-10-25-2/h3-4,11-12,14H,5-10H2,1-2H3. The Labute approximate surface area is 152 Å². The molecule has 3 rings (SSSR count). The number of nitrogens with zero attached hydrogens (tertiary/aromatic N) is 4. The summed E-state index contributed by atoms with van der Waals surface area (Å²) in [7, 11) is -2.05. The first-order chi connectivity index (χ1) is 12.4. The van der Waals surface area contributed by atoms with E-state index in [1.54, 1.807) is 20.4 Å². The second-order valence-corrected chi connectivity index (χ2v) is 8.38. The summed E-state index contributed by atoms with van der Waals surface area (Å²) in [4.78, 5) is 0.00383. The van der Waals surface area contributed by atoms with Gasteiger partial charge in [-0.05, 0) is 37.5 Å². The predicted octanol–water partition coefficient (Wildman–Crippen LogP) is 1.94. The fourth-order valence-electron chi connectivity index (χ4n) is 3.19. The number of hydrogen-bond acceptors (Lipinski definition) is 5. The van der Waals surface area contributed by atoms with Gasteiger partial charge in [0, 0.05) is 32.7 Å². The van der Waals surface area contributed by atoms with E-state index in [0.29, 0.717) is 44.5 Å². The highest BCUT2D eigenvalue weighted by molar-refractivity contribution is 7.89. The highest BCUT2D eigenvalue weighted by Gasteiger charge is 2.31. The van der Waals surface area contributed by atoms with Gasteiger partial charge in [0.15, 0.2) is 0 Å². The zero-order chi connectivity index (χ0) is 18.7. The molecule has 1 aromatic heterocycles. The first kappa shape index (κ1) is 18.9. The van der Waals surface area contributed by atoms with Gasteiger partial charge in [-0.2, -0.15) is 4.31 Å². The van der Waals surface area contributed by atoms with Gasteiger partial charge < -0.3 is 9.30 Å². The van der Waals surface area contributed by atoms with E-state index < -0.39 is 15.8 Å². The van der Waals surface area contributed by atoms with Gasteiger partial charge in [0.05, 0.1) is 11.5 Å². The van der Waals surface area contributed by atoms with E-state index in [2.05, 4.69) is 10.2 Å². The van der Waals surface area contributed by atoms with Gasteiger partial charge in [-0.15, -0.1) is 10.2 Å². The monoisotopic (exact) mass is 382 g/mol. The topological polar surface area (TPSA) is 77.3 Å². The quantitative estimate of drug-likeness (QED) is 0.763. The van der Waals surface area contributed by atoms with Gasteiger partial charge in [0.1, 0.15) is 18.0 Å². The maximum Gasteiger partial charge on any atom is 0.243 e. The Morgan fingerprint density at radius 3 is 2.69 bits per heavy atom. The summed E-state index contributed by atoms with van der Waals surface area (Å²) in [5.74, 6) is 0.335. The Kier molecular flexibility index (Phi) is 5.69. The van der Waals surface area contributed by atoms with Crippen LogP contribution >= 0.6 is 0 Å². The molecule has 2 heterocycles. The van der Waals surface area contributed by atoms with Gasteiger partial charge in [-0.3, -0.25) is 0 Å². The van der Waals surface area contributed by atoms with Crippen molar-refractivity contribution in [3.8, 4) is 0 Å². The molecule has 1 saturated heterocycles. The van der Waals surface area contributed by atoms with Gasteiger partial charge in [-0.1, -0.05) is 6.07 Å². The molecule has 26 heavy (non-hydrogen) atoms. The molecular weight excluding hydrogens is 359 g/mol. The zero-order valence-electron chi connectivity index (χ0n) is 14.9. The van der Waals surface area contributed by atoms with E-state index in [1.807, 2.05) is 4.57 Å². The minimum absolute atomic E-state index is 0.00383. The number of halogens is 1. The fourth-order valence-corrected chi connectivity index (χ4v) is 4.67. The molecule has 9 heteroatoms. The largest absolute Gasteiger partial charge is 0.384 e. The average Bonchev–Trinajstić information content (AvgIpc) is 3.10. The Hall–Kier alpha value is -1.84. The van der Waals surface area contributed by atoms with E-state index in [4.69, 9.17) is 4.74 Å².